The highest BCUT2D eigenvalue weighted by Gasteiger charge is 2.48. The van der Waals surface area contributed by atoms with Crippen LogP contribution in [0, 0.1) is 5.92 Å². The predicted octanol–water partition coefficient (Wildman–Crippen LogP) is 2.66. The summed E-state index contributed by atoms with van der Waals surface area (Å²) in [6.45, 7) is 9.49. The van der Waals surface area contributed by atoms with Crippen molar-refractivity contribution in [1.82, 2.24) is 4.90 Å². The average molecular weight is 167 g/mol. The van der Waals surface area contributed by atoms with Crippen molar-refractivity contribution in [1.29, 1.82) is 0 Å². The summed E-state index contributed by atoms with van der Waals surface area (Å²) in [5.74, 6) is 0.947. The highest BCUT2D eigenvalue weighted by Crippen LogP contribution is 2.45. The van der Waals surface area contributed by atoms with E-state index in [-0.39, 0.29) is 0 Å². The molecule has 0 radical (unpaired) electrons. The van der Waals surface area contributed by atoms with E-state index in [9.17, 15) is 0 Å². The standard InChI is InChI=1S/C11H21N/c1-8-7-9-5-6-10(8)12(9)11(2,3)4/h8-10H,5-7H2,1-4H3/t8-,9?,10+/m0/s1. The van der Waals surface area contributed by atoms with Crippen molar-refractivity contribution in [3.8, 4) is 0 Å². The van der Waals surface area contributed by atoms with Gasteiger partial charge >= 0.3 is 0 Å². The third kappa shape index (κ3) is 1.10. The van der Waals surface area contributed by atoms with Gasteiger partial charge in [-0.25, -0.2) is 0 Å². The molecule has 2 rings (SSSR count). The van der Waals surface area contributed by atoms with Gasteiger partial charge in [-0.3, -0.25) is 4.90 Å². The maximum atomic E-state index is 2.76. The first kappa shape index (κ1) is 8.55. The normalized spacial score (nSPS) is 42.5. The summed E-state index contributed by atoms with van der Waals surface area (Å²) >= 11 is 0. The molecule has 3 atom stereocenters. The minimum atomic E-state index is 0.399. The van der Waals surface area contributed by atoms with Crippen molar-refractivity contribution < 1.29 is 0 Å². The Balaban J connectivity index is 2.19. The molecular weight excluding hydrogens is 146 g/mol. The van der Waals surface area contributed by atoms with Crippen molar-refractivity contribution >= 4 is 0 Å². The van der Waals surface area contributed by atoms with Crippen molar-refractivity contribution in [3.05, 3.63) is 0 Å². The van der Waals surface area contributed by atoms with Gasteiger partial charge in [0.25, 0.3) is 0 Å². The predicted molar refractivity (Wildman–Crippen MR) is 52.2 cm³/mol. The quantitative estimate of drug-likeness (QED) is 0.536. The molecule has 0 aliphatic carbocycles. The van der Waals surface area contributed by atoms with Gasteiger partial charge < -0.3 is 0 Å². The van der Waals surface area contributed by atoms with Crippen LogP contribution >= 0.6 is 0 Å². The van der Waals surface area contributed by atoms with Crippen LogP contribution in [0.2, 0.25) is 0 Å². The van der Waals surface area contributed by atoms with Gasteiger partial charge in [0.1, 0.15) is 0 Å². The first-order chi connectivity index (χ1) is 5.50. The van der Waals surface area contributed by atoms with Crippen molar-refractivity contribution in [2.45, 2.75) is 64.6 Å². The van der Waals surface area contributed by atoms with Crippen LogP contribution in [-0.2, 0) is 0 Å². The molecule has 0 saturated carbocycles. The number of fused-ring (bicyclic) bond motifs is 2. The minimum absolute atomic E-state index is 0.399. The van der Waals surface area contributed by atoms with Crippen LogP contribution in [0.25, 0.3) is 0 Å². The second kappa shape index (κ2) is 2.47. The average Bonchev–Trinajstić information content (AvgIpc) is 2.39. The minimum Gasteiger partial charge on any atom is -0.292 e. The lowest BCUT2D eigenvalue weighted by molar-refractivity contribution is 0.110. The molecule has 70 valence electrons. The summed E-state index contributed by atoms with van der Waals surface area (Å²) in [7, 11) is 0. The molecule has 1 unspecified atom stereocenters. The molecule has 0 N–H and O–H groups in total. The maximum absolute atomic E-state index is 2.76. The Hall–Kier alpha value is -0.0400. The molecule has 2 bridgehead atoms. The molecule has 0 aromatic rings. The molecule has 12 heavy (non-hydrogen) atoms. The van der Waals surface area contributed by atoms with E-state index in [2.05, 4.69) is 32.6 Å². The first-order valence-corrected chi connectivity index (χ1v) is 5.28. The third-order valence-corrected chi connectivity index (χ3v) is 3.62. The number of rotatable bonds is 0. The van der Waals surface area contributed by atoms with E-state index in [1.54, 1.807) is 0 Å². The van der Waals surface area contributed by atoms with Gasteiger partial charge in [0.15, 0.2) is 0 Å². The van der Waals surface area contributed by atoms with E-state index in [4.69, 9.17) is 0 Å². The summed E-state index contributed by atoms with van der Waals surface area (Å²) in [6.07, 6.45) is 4.34. The third-order valence-electron chi connectivity index (χ3n) is 3.62. The summed E-state index contributed by atoms with van der Waals surface area (Å²) < 4.78 is 0. The van der Waals surface area contributed by atoms with Crippen molar-refractivity contribution in [2.24, 2.45) is 5.92 Å². The van der Waals surface area contributed by atoms with Crippen LogP contribution in [-0.4, -0.2) is 22.5 Å². The van der Waals surface area contributed by atoms with Crippen LogP contribution in [0.4, 0.5) is 0 Å². The largest absolute Gasteiger partial charge is 0.292 e. The van der Waals surface area contributed by atoms with Gasteiger partial charge in [0.2, 0.25) is 0 Å². The Morgan fingerprint density at radius 3 is 2.08 bits per heavy atom. The van der Waals surface area contributed by atoms with E-state index >= 15 is 0 Å². The van der Waals surface area contributed by atoms with Gasteiger partial charge in [0, 0.05) is 17.6 Å². The zero-order valence-corrected chi connectivity index (χ0v) is 8.80. The van der Waals surface area contributed by atoms with Gasteiger partial charge in [0.05, 0.1) is 0 Å². The van der Waals surface area contributed by atoms with Crippen LogP contribution in [0.15, 0.2) is 0 Å². The van der Waals surface area contributed by atoms with Crippen molar-refractivity contribution in [3.63, 3.8) is 0 Å². The monoisotopic (exact) mass is 167 g/mol. The Morgan fingerprint density at radius 1 is 1.17 bits per heavy atom. The molecule has 0 aromatic heterocycles. The molecule has 2 saturated heterocycles. The topological polar surface area (TPSA) is 3.24 Å². The lowest BCUT2D eigenvalue weighted by Crippen LogP contribution is -2.45. The van der Waals surface area contributed by atoms with E-state index in [0.29, 0.717) is 5.54 Å². The number of nitrogens with zero attached hydrogens (tertiary/aromatic N) is 1. The zero-order chi connectivity index (χ0) is 8.93. The fourth-order valence-electron chi connectivity index (χ4n) is 3.33. The zero-order valence-electron chi connectivity index (χ0n) is 8.80. The van der Waals surface area contributed by atoms with E-state index < -0.39 is 0 Å². The van der Waals surface area contributed by atoms with E-state index in [1.165, 1.54) is 19.3 Å². The van der Waals surface area contributed by atoms with Crippen LogP contribution < -0.4 is 0 Å². The molecule has 1 heteroatoms. The number of hydrogen-bond acceptors (Lipinski definition) is 1. The first-order valence-electron chi connectivity index (χ1n) is 5.28. The summed E-state index contributed by atoms with van der Waals surface area (Å²) in [5, 5.41) is 0. The number of hydrogen-bond donors (Lipinski definition) is 0. The van der Waals surface area contributed by atoms with Gasteiger partial charge in [-0.05, 0) is 46.0 Å². The van der Waals surface area contributed by atoms with Gasteiger partial charge in [-0.1, -0.05) is 6.92 Å². The molecule has 2 aliphatic heterocycles. The van der Waals surface area contributed by atoms with Crippen LogP contribution in [0.5, 0.6) is 0 Å². The molecule has 0 amide bonds. The molecule has 2 heterocycles. The highest BCUT2D eigenvalue weighted by atomic mass is 15.3. The Bertz CT molecular complexity index is 180. The van der Waals surface area contributed by atoms with Crippen LogP contribution in [0.1, 0.15) is 47.0 Å². The Morgan fingerprint density at radius 2 is 1.83 bits per heavy atom. The molecule has 0 spiro atoms. The molecule has 2 aliphatic rings. The second-order valence-electron chi connectivity index (χ2n) is 5.59. The van der Waals surface area contributed by atoms with Gasteiger partial charge in [-0.15, -0.1) is 0 Å². The van der Waals surface area contributed by atoms with E-state index in [0.717, 1.165) is 18.0 Å². The van der Waals surface area contributed by atoms with E-state index in [1.807, 2.05) is 0 Å². The maximum Gasteiger partial charge on any atom is 0.0131 e. The smallest absolute Gasteiger partial charge is 0.0131 e. The molecule has 2 fully saturated rings. The Kier molecular flexibility index (Phi) is 1.76. The van der Waals surface area contributed by atoms with Gasteiger partial charge in [-0.2, -0.15) is 0 Å². The molecule has 1 nitrogen and oxygen atoms in total. The lowest BCUT2D eigenvalue weighted by Gasteiger charge is -2.36. The fraction of sp³-hybridized carbons (Fsp3) is 1.00. The molecule has 0 aromatic carbocycles. The lowest BCUT2D eigenvalue weighted by atomic mass is 9.91. The summed E-state index contributed by atoms with van der Waals surface area (Å²) in [5.41, 5.74) is 0.399. The van der Waals surface area contributed by atoms with Crippen molar-refractivity contribution in [2.75, 3.05) is 0 Å². The fourth-order valence-corrected chi connectivity index (χ4v) is 3.33. The SMILES string of the molecule is C[C@H]1CC2CC[C@H]1N2C(C)(C)C. The second-order valence-corrected chi connectivity index (χ2v) is 5.59. The highest BCUT2D eigenvalue weighted by molar-refractivity contribution is 5.03. The summed E-state index contributed by atoms with van der Waals surface area (Å²) in [6, 6.07) is 1.81. The Labute approximate surface area is 76.1 Å². The summed E-state index contributed by atoms with van der Waals surface area (Å²) in [4.78, 5) is 2.76. The van der Waals surface area contributed by atoms with Crippen LogP contribution in [0.3, 0.4) is 0 Å². The molecular formula is C11H21N.